The summed E-state index contributed by atoms with van der Waals surface area (Å²) in [7, 11) is 0. The number of hydrogen-bond donors (Lipinski definition) is 0. The SMILES string of the molecule is CCCCCc1ccc(COc2ccc(CC(COC=O)COC=O)cc2)cc1. The molecular formula is C24H30O5. The predicted molar refractivity (Wildman–Crippen MR) is 112 cm³/mol. The Labute approximate surface area is 173 Å². The molecule has 0 aliphatic carbocycles. The largest absolute Gasteiger partial charge is 0.489 e. The first-order chi connectivity index (χ1) is 14.2. The summed E-state index contributed by atoms with van der Waals surface area (Å²) in [5.41, 5.74) is 3.58. The molecule has 2 aromatic rings. The van der Waals surface area contributed by atoms with E-state index in [1.54, 1.807) is 0 Å². The predicted octanol–water partition coefficient (Wildman–Crippen LogP) is 4.50. The van der Waals surface area contributed by atoms with Gasteiger partial charge in [0.1, 0.15) is 12.4 Å². The van der Waals surface area contributed by atoms with Crippen LogP contribution in [-0.4, -0.2) is 26.2 Å². The Hall–Kier alpha value is -2.82. The minimum absolute atomic E-state index is 0.0759. The number of hydrogen-bond acceptors (Lipinski definition) is 5. The van der Waals surface area contributed by atoms with E-state index in [1.165, 1.54) is 24.8 Å². The van der Waals surface area contributed by atoms with Crippen molar-refractivity contribution in [3.8, 4) is 5.75 Å². The summed E-state index contributed by atoms with van der Waals surface area (Å²) >= 11 is 0. The third kappa shape index (κ3) is 8.81. The monoisotopic (exact) mass is 398 g/mol. The van der Waals surface area contributed by atoms with Crippen LogP contribution >= 0.6 is 0 Å². The first-order valence-electron chi connectivity index (χ1n) is 10.1. The number of rotatable bonds is 15. The van der Waals surface area contributed by atoms with Crippen LogP contribution in [0.3, 0.4) is 0 Å². The van der Waals surface area contributed by atoms with Gasteiger partial charge in [-0.1, -0.05) is 56.2 Å². The fraction of sp³-hybridized carbons (Fsp3) is 0.417. The summed E-state index contributed by atoms with van der Waals surface area (Å²) in [4.78, 5) is 20.8. The Kier molecular flexibility index (Phi) is 10.4. The molecule has 0 heterocycles. The summed E-state index contributed by atoms with van der Waals surface area (Å²) < 4.78 is 15.5. The van der Waals surface area contributed by atoms with Gasteiger partial charge in [0.25, 0.3) is 12.9 Å². The van der Waals surface area contributed by atoms with Crippen molar-refractivity contribution in [2.45, 2.75) is 45.6 Å². The lowest BCUT2D eigenvalue weighted by atomic mass is 10.0. The van der Waals surface area contributed by atoms with Crippen LogP contribution in [-0.2, 0) is 38.5 Å². The topological polar surface area (TPSA) is 61.8 Å². The van der Waals surface area contributed by atoms with Crippen molar-refractivity contribution in [2.24, 2.45) is 5.92 Å². The Balaban J connectivity index is 1.81. The number of ether oxygens (including phenoxy) is 3. The fourth-order valence-electron chi connectivity index (χ4n) is 3.12. The first kappa shape index (κ1) is 22.5. The molecule has 0 atom stereocenters. The molecule has 0 radical (unpaired) electrons. The molecule has 0 spiro atoms. The summed E-state index contributed by atoms with van der Waals surface area (Å²) in [5.74, 6) is 0.721. The number of carbonyl (C=O) groups excluding carboxylic acids is 2. The van der Waals surface area contributed by atoms with Crippen molar-refractivity contribution in [3.63, 3.8) is 0 Å². The van der Waals surface area contributed by atoms with Gasteiger partial charge in [0.15, 0.2) is 0 Å². The maximum atomic E-state index is 10.4. The van der Waals surface area contributed by atoms with Crippen LogP contribution in [0.2, 0.25) is 0 Å². The van der Waals surface area contributed by atoms with E-state index < -0.39 is 0 Å². The van der Waals surface area contributed by atoms with E-state index in [0.29, 0.717) is 26.0 Å². The first-order valence-corrected chi connectivity index (χ1v) is 10.1. The summed E-state index contributed by atoms with van der Waals surface area (Å²) in [6, 6.07) is 16.4. The quantitative estimate of drug-likeness (QED) is 0.326. The number of aryl methyl sites for hydroxylation is 1. The van der Waals surface area contributed by atoms with E-state index in [1.807, 2.05) is 24.3 Å². The van der Waals surface area contributed by atoms with Gasteiger partial charge in [-0.2, -0.15) is 0 Å². The van der Waals surface area contributed by atoms with Crippen molar-refractivity contribution in [1.29, 1.82) is 0 Å². The second-order valence-electron chi connectivity index (χ2n) is 7.14. The highest BCUT2D eigenvalue weighted by molar-refractivity contribution is 5.37. The normalized spacial score (nSPS) is 10.6. The third-order valence-corrected chi connectivity index (χ3v) is 4.75. The zero-order chi connectivity index (χ0) is 20.7. The van der Waals surface area contributed by atoms with Crippen LogP contribution in [0.1, 0.15) is 42.9 Å². The highest BCUT2D eigenvalue weighted by atomic mass is 16.5. The van der Waals surface area contributed by atoms with Gasteiger partial charge in [-0.15, -0.1) is 0 Å². The molecule has 0 saturated heterocycles. The third-order valence-electron chi connectivity index (χ3n) is 4.75. The molecule has 0 N–H and O–H groups in total. The molecule has 0 unspecified atom stereocenters. The molecule has 156 valence electrons. The van der Waals surface area contributed by atoms with Crippen LogP contribution in [0.15, 0.2) is 48.5 Å². The lowest BCUT2D eigenvalue weighted by Gasteiger charge is -2.15. The second-order valence-corrected chi connectivity index (χ2v) is 7.14. The van der Waals surface area contributed by atoms with Crippen molar-refractivity contribution >= 4 is 12.9 Å². The van der Waals surface area contributed by atoms with E-state index >= 15 is 0 Å². The molecule has 0 aliphatic heterocycles. The van der Waals surface area contributed by atoms with Gasteiger partial charge < -0.3 is 14.2 Å². The minimum atomic E-state index is -0.0759. The number of benzene rings is 2. The maximum absolute atomic E-state index is 10.4. The lowest BCUT2D eigenvalue weighted by Crippen LogP contribution is -2.18. The van der Waals surface area contributed by atoms with Gasteiger partial charge in [-0.05, 0) is 48.1 Å². The Bertz CT molecular complexity index is 697. The molecule has 2 aromatic carbocycles. The van der Waals surface area contributed by atoms with E-state index in [9.17, 15) is 9.59 Å². The van der Waals surface area contributed by atoms with Crippen LogP contribution in [0.4, 0.5) is 0 Å². The van der Waals surface area contributed by atoms with Gasteiger partial charge in [0.05, 0.1) is 13.2 Å². The van der Waals surface area contributed by atoms with Gasteiger partial charge in [0, 0.05) is 5.92 Å². The van der Waals surface area contributed by atoms with Crippen molar-refractivity contribution in [1.82, 2.24) is 0 Å². The fourth-order valence-corrected chi connectivity index (χ4v) is 3.12. The molecule has 0 aliphatic rings. The molecule has 0 bridgehead atoms. The minimum Gasteiger partial charge on any atom is -0.489 e. The standard InChI is InChI=1S/C24H30O5/c1-2-3-4-5-20-6-8-22(9-7-20)17-29-24-12-10-21(11-13-24)14-23(15-27-18-25)16-28-19-26/h6-13,18-19,23H,2-5,14-17H2,1H3. The molecule has 0 aromatic heterocycles. The van der Waals surface area contributed by atoms with E-state index in [2.05, 4.69) is 31.2 Å². The average Bonchev–Trinajstić information content (AvgIpc) is 2.76. The molecule has 29 heavy (non-hydrogen) atoms. The summed E-state index contributed by atoms with van der Waals surface area (Å²) in [5, 5.41) is 0. The van der Waals surface area contributed by atoms with Gasteiger partial charge >= 0.3 is 0 Å². The highest BCUT2D eigenvalue weighted by Crippen LogP contribution is 2.18. The van der Waals surface area contributed by atoms with Gasteiger partial charge in [-0.3, -0.25) is 9.59 Å². The zero-order valence-corrected chi connectivity index (χ0v) is 17.0. The average molecular weight is 398 g/mol. The van der Waals surface area contributed by atoms with Crippen molar-refractivity contribution in [2.75, 3.05) is 13.2 Å². The molecule has 0 fully saturated rings. The second kappa shape index (κ2) is 13.4. The maximum Gasteiger partial charge on any atom is 0.293 e. The van der Waals surface area contributed by atoms with Crippen LogP contribution in [0, 0.1) is 5.92 Å². The number of carbonyl (C=O) groups is 2. The molecular weight excluding hydrogens is 368 g/mol. The molecule has 0 saturated carbocycles. The van der Waals surface area contributed by atoms with Crippen molar-refractivity contribution in [3.05, 3.63) is 65.2 Å². The van der Waals surface area contributed by atoms with E-state index in [4.69, 9.17) is 14.2 Å². The van der Waals surface area contributed by atoms with Crippen LogP contribution in [0.5, 0.6) is 5.75 Å². The van der Waals surface area contributed by atoms with Crippen LogP contribution in [0.25, 0.3) is 0 Å². The highest BCUT2D eigenvalue weighted by Gasteiger charge is 2.11. The smallest absolute Gasteiger partial charge is 0.293 e. The van der Waals surface area contributed by atoms with E-state index in [-0.39, 0.29) is 19.1 Å². The number of unbranched alkanes of at least 4 members (excludes halogenated alkanes) is 2. The molecule has 0 amide bonds. The lowest BCUT2D eigenvalue weighted by molar-refractivity contribution is -0.133. The molecule has 2 rings (SSSR count). The molecule has 5 heteroatoms. The zero-order valence-electron chi connectivity index (χ0n) is 17.0. The molecule has 5 nitrogen and oxygen atoms in total. The van der Waals surface area contributed by atoms with Crippen molar-refractivity contribution < 1.29 is 23.8 Å². The van der Waals surface area contributed by atoms with Crippen LogP contribution < -0.4 is 4.74 Å². The van der Waals surface area contributed by atoms with Gasteiger partial charge in [-0.25, -0.2) is 0 Å². The summed E-state index contributed by atoms with van der Waals surface area (Å²) in [6.07, 6.45) is 5.52. The Morgan fingerprint density at radius 1 is 0.793 bits per heavy atom. The van der Waals surface area contributed by atoms with E-state index in [0.717, 1.165) is 23.3 Å². The Morgan fingerprint density at radius 3 is 1.97 bits per heavy atom. The van der Waals surface area contributed by atoms with Gasteiger partial charge in [0.2, 0.25) is 0 Å². The summed E-state index contributed by atoms with van der Waals surface area (Å²) in [6.45, 7) is 3.98. The Morgan fingerprint density at radius 2 is 1.38 bits per heavy atom.